The van der Waals surface area contributed by atoms with Crippen LogP contribution in [0.2, 0.25) is 0 Å². The quantitative estimate of drug-likeness (QED) is 0.789. The maximum Gasteiger partial charge on any atom is 0.253 e. The Bertz CT molecular complexity index is 922. The summed E-state index contributed by atoms with van der Waals surface area (Å²) in [5.74, 6) is -0.103. The van der Waals surface area contributed by atoms with Crippen molar-refractivity contribution in [2.45, 2.75) is 18.7 Å². The molecule has 0 radical (unpaired) electrons. The molecule has 3 rings (SSSR count). The predicted molar refractivity (Wildman–Crippen MR) is 109 cm³/mol. The van der Waals surface area contributed by atoms with Gasteiger partial charge >= 0.3 is 0 Å². The SMILES string of the molecule is Cc1ccc(S(=O)(=O)N2CCN(C(=O)c3ccc(N)cc3)CC2)cc1C.Cl. The molecule has 2 aromatic rings. The van der Waals surface area contributed by atoms with Gasteiger partial charge in [-0.05, 0) is 61.4 Å². The Hall–Kier alpha value is -2.09. The number of sulfonamides is 1. The third kappa shape index (κ3) is 4.43. The van der Waals surface area contributed by atoms with Crippen molar-refractivity contribution < 1.29 is 13.2 Å². The van der Waals surface area contributed by atoms with E-state index in [4.69, 9.17) is 5.73 Å². The highest BCUT2D eigenvalue weighted by molar-refractivity contribution is 7.89. The molecular formula is C19H24ClN3O3S. The third-order valence-electron chi connectivity index (χ3n) is 4.80. The van der Waals surface area contributed by atoms with Crippen molar-refractivity contribution in [3.63, 3.8) is 0 Å². The van der Waals surface area contributed by atoms with Crippen molar-refractivity contribution in [2.75, 3.05) is 31.9 Å². The molecule has 0 atom stereocenters. The number of piperazine rings is 1. The van der Waals surface area contributed by atoms with Crippen molar-refractivity contribution in [1.82, 2.24) is 9.21 Å². The van der Waals surface area contributed by atoms with Crippen LogP contribution in [0.25, 0.3) is 0 Å². The Kier molecular flexibility index (Phi) is 6.51. The van der Waals surface area contributed by atoms with Crippen molar-refractivity contribution in [1.29, 1.82) is 0 Å². The second-order valence-corrected chi connectivity index (χ2v) is 8.50. The molecule has 0 aliphatic carbocycles. The zero-order valence-electron chi connectivity index (χ0n) is 15.4. The first-order valence-corrected chi connectivity index (χ1v) is 9.95. The highest BCUT2D eigenvalue weighted by Gasteiger charge is 2.30. The van der Waals surface area contributed by atoms with E-state index in [0.717, 1.165) is 11.1 Å². The maximum absolute atomic E-state index is 12.8. The smallest absolute Gasteiger partial charge is 0.253 e. The summed E-state index contributed by atoms with van der Waals surface area (Å²) < 4.78 is 27.1. The van der Waals surface area contributed by atoms with Crippen LogP contribution in [0.1, 0.15) is 21.5 Å². The molecule has 6 nitrogen and oxygen atoms in total. The highest BCUT2D eigenvalue weighted by Crippen LogP contribution is 2.21. The minimum absolute atomic E-state index is 0. The number of hydrogen-bond donors (Lipinski definition) is 1. The monoisotopic (exact) mass is 409 g/mol. The van der Waals surface area contributed by atoms with Crippen LogP contribution < -0.4 is 5.73 Å². The molecule has 1 fully saturated rings. The van der Waals surface area contributed by atoms with Crippen LogP contribution in [0.5, 0.6) is 0 Å². The lowest BCUT2D eigenvalue weighted by molar-refractivity contribution is 0.0698. The van der Waals surface area contributed by atoms with Gasteiger partial charge in [-0.2, -0.15) is 4.31 Å². The Labute approximate surface area is 166 Å². The van der Waals surface area contributed by atoms with E-state index in [1.165, 1.54) is 4.31 Å². The van der Waals surface area contributed by atoms with Crippen LogP contribution in [-0.4, -0.2) is 49.7 Å². The number of anilines is 1. The molecule has 1 amide bonds. The molecule has 0 saturated carbocycles. The Morgan fingerprint density at radius 1 is 0.926 bits per heavy atom. The first kappa shape index (κ1) is 21.2. The molecule has 0 bridgehead atoms. The normalized spacial score (nSPS) is 15.3. The fourth-order valence-electron chi connectivity index (χ4n) is 2.96. The van der Waals surface area contributed by atoms with Gasteiger partial charge in [0.05, 0.1) is 4.90 Å². The molecule has 2 N–H and O–H groups in total. The average Bonchev–Trinajstić information content (AvgIpc) is 2.64. The summed E-state index contributed by atoms with van der Waals surface area (Å²) in [6, 6.07) is 11.9. The van der Waals surface area contributed by atoms with E-state index in [-0.39, 0.29) is 31.4 Å². The third-order valence-corrected chi connectivity index (χ3v) is 6.69. The van der Waals surface area contributed by atoms with Gasteiger partial charge in [0.15, 0.2) is 0 Å². The Morgan fingerprint density at radius 3 is 2.07 bits per heavy atom. The van der Waals surface area contributed by atoms with Gasteiger partial charge in [0, 0.05) is 37.4 Å². The molecule has 8 heteroatoms. The van der Waals surface area contributed by atoms with Crippen molar-refractivity contribution in [3.05, 3.63) is 59.2 Å². The van der Waals surface area contributed by atoms with Gasteiger partial charge in [0.1, 0.15) is 0 Å². The second kappa shape index (κ2) is 8.29. The van der Waals surface area contributed by atoms with Crippen molar-refractivity contribution in [2.24, 2.45) is 0 Å². The van der Waals surface area contributed by atoms with E-state index >= 15 is 0 Å². The second-order valence-electron chi connectivity index (χ2n) is 6.56. The fourth-order valence-corrected chi connectivity index (χ4v) is 4.47. The molecule has 1 aliphatic heterocycles. The number of hydrogen-bond acceptors (Lipinski definition) is 4. The number of nitrogen functional groups attached to an aromatic ring is 1. The molecule has 146 valence electrons. The van der Waals surface area contributed by atoms with Crippen LogP contribution in [0.4, 0.5) is 5.69 Å². The van der Waals surface area contributed by atoms with Gasteiger partial charge in [-0.1, -0.05) is 6.07 Å². The number of nitrogens with zero attached hydrogens (tertiary/aromatic N) is 2. The molecule has 0 aromatic heterocycles. The first-order valence-electron chi connectivity index (χ1n) is 8.51. The van der Waals surface area contributed by atoms with Gasteiger partial charge in [-0.15, -0.1) is 12.4 Å². The lowest BCUT2D eigenvalue weighted by atomic mass is 10.1. The minimum atomic E-state index is -3.54. The Balaban J connectivity index is 0.00000261. The largest absolute Gasteiger partial charge is 0.399 e. The first-order chi connectivity index (χ1) is 12.3. The van der Waals surface area contributed by atoms with Crippen molar-refractivity contribution >= 4 is 34.0 Å². The summed E-state index contributed by atoms with van der Waals surface area (Å²) in [4.78, 5) is 14.5. The zero-order valence-corrected chi connectivity index (χ0v) is 17.0. The summed E-state index contributed by atoms with van der Waals surface area (Å²) in [6.07, 6.45) is 0. The lowest BCUT2D eigenvalue weighted by Gasteiger charge is -2.34. The van der Waals surface area contributed by atoms with Crippen LogP contribution in [-0.2, 0) is 10.0 Å². The maximum atomic E-state index is 12.8. The average molecular weight is 410 g/mol. The van der Waals surface area contributed by atoms with E-state index in [1.807, 2.05) is 19.9 Å². The lowest BCUT2D eigenvalue weighted by Crippen LogP contribution is -2.50. The van der Waals surface area contributed by atoms with Gasteiger partial charge in [-0.3, -0.25) is 4.79 Å². The predicted octanol–water partition coefficient (Wildman–Crippen LogP) is 2.45. The molecular weight excluding hydrogens is 386 g/mol. The van der Waals surface area contributed by atoms with E-state index in [1.54, 1.807) is 41.3 Å². The van der Waals surface area contributed by atoms with E-state index in [0.29, 0.717) is 29.2 Å². The fraction of sp³-hybridized carbons (Fsp3) is 0.316. The summed E-state index contributed by atoms with van der Waals surface area (Å²) >= 11 is 0. The van der Waals surface area contributed by atoms with Crippen LogP contribution in [0.3, 0.4) is 0 Å². The molecule has 2 aromatic carbocycles. The van der Waals surface area contributed by atoms with Crippen molar-refractivity contribution in [3.8, 4) is 0 Å². The van der Waals surface area contributed by atoms with Crippen LogP contribution in [0.15, 0.2) is 47.4 Å². The number of carbonyl (C=O) groups excluding carboxylic acids is 1. The number of benzene rings is 2. The number of aryl methyl sites for hydroxylation is 2. The van der Waals surface area contributed by atoms with E-state index in [9.17, 15) is 13.2 Å². The van der Waals surface area contributed by atoms with Gasteiger partial charge in [0.25, 0.3) is 5.91 Å². The number of rotatable bonds is 3. The minimum Gasteiger partial charge on any atom is -0.399 e. The molecule has 1 aliphatic rings. The molecule has 0 spiro atoms. The van der Waals surface area contributed by atoms with E-state index in [2.05, 4.69) is 0 Å². The van der Waals surface area contributed by atoms with Crippen LogP contribution >= 0.6 is 12.4 Å². The molecule has 1 heterocycles. The molecule has 27 heavy (non-hydrogen) atoms. The van der Waals surface area contributed by atoms with Crippen LogP contribution in [0, 0.1) is 13.8 Å². The summed E-state index contributed by atoms with van der Waals surface area (Å²) in [5.41, 5.74) is 8.82. The molecule has 0 unspecified atom stereocenters. The summed E-state index contributed by atoms with van der Waals surface area (Å²) in [5, 5.41) is 0. The van der Waals surface area contributed by atoms with E-state index < -0.39 is 10.0 Å². The molecule has 1 saturated heterocycles. The number of amides is 1. The van der Waals surface area contributed by atoms with Gasteiger partial charge < -0.3 is 10.6 Å². The topological polar surface area (TPSA) is 83.7 Å². The summed E-state index contributed by atoms with van der Waals surface area (Å²) in [7, 11) is -3.54. The number of carbonyl (C=O) groups is 1. The Morgan fingerprint density at radius 2 is 1.52 bits per heavy atom. The summed E-state index contributed by atoms with van der Waals surface area (Å²) in [6.45, 7) is 5.16. The number of halogens is 1. The standard InChI is InChI=1S/C19H23N3O3S.ClH/c1-14-3-8-18(13-15(14)2)26(24,25)22-11-9-21(10-12-22)19(23)16-4-6-17(20)7-5-16;/h3-8,13H,9-12,20H2,1-2H3;1H. The number of nitrogens with two attached hydrogens (primary N) is 1. The zero-order chi connectivity index (χ0) is 18.9. The van der Waals surface area contributed by atoms with Gasteiger partial charge in [0.2, 0.25) is 10.0 Å². The highest BCUT2D eigenvalue weighted by atomic mass is 35.5. The van der Waals surface area contributed by atoms with Gasteiger partial charge in [-0.25, -0.2) is 8.42 Å².